The summed E-state index contributed by atoms with van der Waals surface area (Å²) in [4.78, 5) is 39.3. The third-order valence-electron chi connectivity index (χ3n) is 4.65. The van der Waals surface area contributed by atoms with Crippen LogP contribution in [-0.2, 0) is 6.42 Å². The number of aryl methyl sites for hydroxylation is 1. The molecule has 1 aliphatic rings. The van der Waals surface area contributed by atoms with Crippen LogP contribution in [0.5, 0.6) is 0 Å². The van der Waals surface area contributed by atoms with E-state index >= 15 is 0 Å². The van der Waals surface area contributed by atoms with E-state index in [1.807, 2.05) is 6.92 Å². The quantitative estimate of drug-likeness (QED) is 0.595. The molecule has 28 heavy (non-hydrogen) atoms. The van der Waals surface area contributed by atoms with Crippen molar-refractivity contribution in [3.8, 4) is 0 Å². The highest BCUT2D eigenvalue weighted by molar-refractivity contribution is 5.99. The number of nitrogens with one attached hydrogen (secondary N) is 1. The number of nitro benzene ring substituents is 1. The van der Waals surface area contributed by atoms with Gasteiger partial charge in [0, 0.05) is 12.1 Å². The number of carboxylic acid groups (broad SMARTS) is 1. The van der Waals surface area contributed by atoms with Gasteiger partial charge in [0.1, 0.15) is 17.0 Å². The number of nitro groups is 1. The Morgan fingerprint density at radius 2 is 2.18 bits per heavy atom. The van der Waals surface area contributed by atoms with Gasteiger partial charge in [0.05, 0.1) is 10.6 Å². The molecule has 1 aliphatic heterocycles. The van der Waals surface area contributed by atoms with Crippen molar-refractivity contribution in [2.24, 2.45) is 5.10 Å². The van der Waals surface area contributed by atoms with Crippen molar-refractivity contribution in [2.45, 2.75) is 39.2 Å². The lowest BCUT2D eigenvalue weighted by molar-refractivity contribution is -0.384. The smallest absolute Gasteiger partial charge is 0.343 e. The monoisotopic (exact) mass is 385 g/mol. The molecule has 0 amide bonds. The third-order valence-corrected chi connectivity index (χ3v) is 4.65. The van der Waals surface area contributed by atoms with Crippen molar-refractivity contribution in [3.63, 3.8) is 0 Å². The van der Waals surface area contributed by atoms with Gasteiger partial charge in [0.15, 0.2) is 5.82 Å². The molecule has 2 N–H and O–H groups in total. The summed E-state index contributed by atoms with van der Waals surface area (Å²) in [5.41, 5.74) is 2.47. The van der Waals surface area contributed by atoms with Crippen molar-refractivity contribution < 1.29 is 14.8 Å². The molecule has 0 radical (unpaired) electrons. The molecule has 0 saturated heterocycles. The minimum atomic E-state index is -1.31. The Hall–Kier alpha value is -3.56. The zero-order valence-corrected chi connectivity index (χ0v) is 15.4. The zero-order chi connectivity index (χ0) is 20.4. The fourth-order valence-corrected chi connectivity index (χ4v) is 3.21. The van der Waals surface area contributed by atoms with Crippen molar-refractivity contribution in [1.29, 1.82) is 0 Å². The van der Waals surface area contributed by atoms with E-state index in [9.17, 15) is 24.8 Å². The summed E-state index contributed by atoms with van der Waals surface area (Å²) in [5.74, 6) is -1.02. The van der Waals surface area contributed by atoms with E-state index in [0.29, 0.717) is 18.6 Å². The summed E-state index contributed by atoms with van der Waals surface area (Å²) >= 11 is 0. The van der Waals surface area contributed by atoms with E-state index in [0.717, 1.165) is 0 Å². The predicted octanol–water partition coefficient (Wildman–Crippen LogP) is 2.58. The van der Waals surface area contributed by atoms with Crippen LogP contribution in [0.25, 0.3) is 0 Å². The number of hydrazone groups is 1. The first-order valence-electron chi connectivity index (χ1n) is 8.80. The first kappa shape index (κ1) is 19.2. The standard InChI is InChI=1S/C18H19N5O5/c1-3-11-15(18(25)26)17(24)22-10(2)8-9-13(16(22)19-11)21-20-12-6-4-5-7-14(12)23(27)28/h4-7,10,20H,3,8-9H2,1-2H3,(H,25,26). The first-order chi connectivity index (χ1) is 13.3. The van der Waals surface area contributed by atoms with E-state index in [-0.39, 0.29) is 40.9 Å². The number of hydrogen-bond donors (Lipinski definition) is 2. The van der Waals surface area contributed by atoms with Gasteiger partial charge in [-0.1, -0.05) is 19.1 Å². The van der Waals surface area contributed by atoms with Gasteiger partial charge in [0.25, 0.3) is 11.2 Å². The van der Waals surface area contributed by atoms with Crippen LogP contribution in [0, 0.1) is 10.1 Å². The number of carboxylic acids is 1. The summed E-state index contributed by atoms with van der Waals surface area (Å²) in [6, 6.07) is 5.85. The molecule has 0 bridgehead atoms. The maximum atomic E-state index is 12.8. The maximum Gasteiger partial charge on any atom is 0.343 e. The molecule has 0 spiro atoms. The number of aromatic carboxylic acids is 1. The van der Waals surface area contributed by atoms with Crippen LogP contribution in [0.4, 0.5) is 11.4 Å². The number of aromatic nitrogens is 2. The minimum Gasteiger partial charge on any atom is -0.477 e. The van der Waals surface area contributed by atoms with Gasteiger partial charge in [-0.3, -0.25) is 24.9 Å². The summed E-state index contributed by atoms with van der Waals surface area (Å²) in [6.45, 7) is 3.54. The van der Waals surface area contributed by atoms with E-state index < -0.39 is 16.5 Å². The number of para-hydroxylation sites is 2. The molecular weight excluding hydrogens is 366 g/mol. The lowest BCUT2D eigenvalue weighted by atomic mass is 10.0. The molecule has 2 heterocycles. The second-order valence-corrected chi connectivity index (χ2v) is 6.42. The average molecular weight is 385 g/mol. The molecule has 1 unspecified atom stereocenters. The van der Waals surface area contributed by atoms with Gasteiger partial charge < -0.3 is 5.11 Å². The third kappa shape index (κ3) is 3.36. The van der Waals surface area contributed by atoms with Crippen LogP contribution < -0.4 is 11.0 Å². The van der Waals surface area contributed by atoms with Gasteiger partial charge in [-0.25, -0.2) is 9.78 Å². The van der Waals surface area contributed by atoms with E-state index in [4.69, 9.17) is 0 Å². The lowest BCUT2D eigenvalue weighted by Gasteiger charge is -2.26. The molecule has 1 atom stereocenters. The molecular formula is C18H19N5O5. The number of nitrogens with zero attached hydrogens (tertiary/aromatic N) is 4. The molecule has 10 nitrogen and oxygen atoms in total. The van der Waals surface area contributed by atoms with Crippen LogP contribution >= 0.6 is 0 Å². The zero-order valence-electron chi connectivity index (χ0n) is 15.4. The summed E-state index contributed by atoms with van der Waals surface area (Å²) in [7, 11) is 0. The highest BCUT2D eigenvalue weighted by Gasteiger charge is 2.29. The molecule has 0 fully saturated rings. The van der Waals surface area contributed by atoms with Crippen molar-refractivity contribution in [2.75, 3.05) is 5.43 Å². The molecule has 1 aromatic heterocycles. The normalized spacial score (nSPS) is 17.2. The average Bonchev–Trinajstić information content (AvgIpc) is 2.66. The molecule has 0 aliphatic carbocycles. The Labute approximate surface area is 159 Å². The van der Waals surface area contributed by atoms with Gasteiger partial charge in [0.2, 0.25) is 0 Å². The summed E-state index contributed by atoms with van der Waals surface area (Å²) in [5, 5.41) is 24.8. The highest BCUT2D eigenvalue weighted by atomic mass is 16.6. The Morgan fingerprint density at radius 1 is 1.46 bits per heavy atom. The second kappa shape index (κ2) is 7.59. The topological polar surface area (TPSA) is 140 Å². The number of anilines is 1. The van der Waals surface area contributed by atoms with Crippen LogP contribution in [0.2, 0.25) is 0 Å². The highest BCUT2D eigenvalue weighted by Crippen LogP contribution is 2.26. The maximum absolute atomic E-state index is 12.8. The van der Waals surface area contributed by atoms with Crippen LogP contribution in [0.1, 0.15) is 54.6 Å². The van der Waals surface area contributed by atoms with Gasteiger partial charge in [-0.05, 0) is 32.3 Å². The van der Waals surface area contributed by atoms with Crippen LogP contribution in [0.3, 0.4) is 0 Å². The van der Waals surface area contributed by atoms with E-state index in [1.54, 1.807) is 19.1 Å². The molecule has 1 aromatic carbocycles. The molecule has 3 rings (SSSR count). The number of rotatable bonds is 5. The number of carbonyl (C=O) groups is 1. The molecule has 10 heteroatoms. The molecule has 146 valence electrons. The van der Waals surface area contributed by atoms with Crippen molar-refractivity contribution >= 4 is 23.1 Å². The van der Waals surface area contributed by atoms with Crippen LogP contribution in [0.15, 0.2) is 34.2 Å². The SMILES string of the molecule is CCc1nc2n(c(=O)c1C(=O)O)C(C)CCC2=NNc1ccccc1[N+](=O)[O-]. The second-order valence-electron chi connectivity index (χ2n) is 6.42. The summed E-state index contributed by atoms with van der Waals surface area (Å²) in [6.07, 6.45) is 1.34. The Balaban J connectivity index is 2.10. The molecule has 2 aromatic rings. The van der Waals surface area contributed by atoms with Crippen molar-refractivity contribution in [1.82, 2.24) is 9.55 Å². The number of fused-ring (bicyclic) bond motifs is 1. The van der Waals surface area contributed by atoms with E-state index in [1.165, 1.54) is 16.7 Å². The van der Waals surface area contributed by atoms with Gasteiger partial charge in [-0.15, -0.1) is 0 Å². The first-order valence-corrected chi connectivity index (χ1v) is 8.80. The van der Waals surface area contributed by atoms with Gasteiger partial charge >= 0.3 is 5.97 Å². The Morgan fingerprint density at radius 3 is 2.82 bits per heavy atom. The Kier molecular flexibility index (Phi) is 5.21. The van der Waals surface area contributed by atoms with Crippen LogP contribution in [-0.4, -0.2) is 31.3 Å². The fourth-order valence-electron chi connectivity index (χ4n) is 3.21. The number of benzene rings is 1. The predicted molar refractivity (Wildman–Crippen MR) is 102 cm³/mol. The van der Waals surface area contributed by atoms with Crippen molar-refractivity contribution in [3.05, 3.63) is 61.8 Å². The lowest BCUT2D eigenvalue weighted by Crippen LogP contribution is -2.38. The largest absolute Gasteiger partial charge is 0.477 e. The van der Waals surface area contributed by atoms with E-state index in [2.05, 4.69) is 15.5 Å². The molecule has 0 saturated carbocycles. The Bertz CT molecular complexity index is 1040. The minimum absolute atomic E-state index is 0.128. The fraction of sp³-hybridized carbons (Fsp3) is 0.333. The number of hydrogen-bond acceptors (Lipinski definition) is 7. The summed E-state index contributed by atoms with van der Waals surface area (Å²) < 4.78 is 1.34. The van der Waals surface area contributed by atoms with Gasteiger partial charge in [-0.2, -0.15) is 5.10 Å².